The van der Waals surface area contributed by atoms with Gasteiger partial charge in [0.15, 0.2) is 17.4 Å². The number of carboxylic acid groups (broad SMARTS) is 1. The molecule has 4 N–H and O–H groups in total. The minimum Gasteiger partial charge on any atom is -0.492 e. The van der Waals surface area contributed by atoms with Gasteiger partial charge in [0.2, 0.25) is 11.2 Å². The highest BCUT2D eigenvalue weighted by atomic mass is 19.1. The third-order valence-corrected chi connectivity index (χ3v) is 8.52. The third-order valence-electron chi connectivity index (χ3n) is 8.52. The first kappa shape index (κ1) is 31.2. The molecular weight excluding hydrogens is 595 g/mol. The Kier molecular flexibility index (Phi) is 8.49. The van der Waals surface area contributed by atoms with Crippen LogP contribution in [0, 0.1) is 11.2 Å². The number of rotatable bonds is 11. The van der Waals surface area contributed by atoms with Crippen LogP contribution in [0.2, 0.25) is 0 Å². The molecule has 0 atom stereocenters. The van der Waals surface area contributed by atoms with E-state index in [0.717, 1.165) is 25.5 Å². The number of fused-ring (bicyclic) bond motifs is 2. The van der Waals surface area contributed by atoms with E-state index in [1.165, 1.54) is 13.3 Å². The highest BCUT2D eigenvalue weighted by molar-refractivity contribution is 6.01. The number of pyridine rings is 1. The van der Waals surface area contributed by atoms with Crippen molar-refractivity contribution >= 4 is 45.2 Å². The number of amidine groups is 1. The molecule has 0 amide bonds. The number of anilines is 1. The van der Waals surface area contributed by atoms with Gasteiger partial charge in [-0.05, 0) is 51.2 Å². The number of halogens is 1. The van der Waals surface area contributed by atoms with Crippen LogP contribution < -0.4 is 20.4 Å². The summed E-state index contributed by atoms with van der Waals surface area (Å²) in [6.07, 6.45) is 2.98. The zero-order valence-corrected chi connectivity index (χ0v) is 26.0. The summed E-state index contributed by atoms with van der Waals surface area (Å²) in [5.74, 6) is -1.47. The Bertz CT molecular complexity index is 1910. The molecule has 46 heavy (non-hydrogen) atoms. The maximum absolute atomic E-state index is 15.7. The monoisotopic (exact) mass is 632 g/mol. The number of ketones is 1. The molecule has 4 aromatic rings. The van der Waals surface area contributed by atoms with Crippen molar-refractivity contribution in [3.63, 3.8) is 0 Å². The van der Waals surface area contributed by atoms with Gasteiger partial charge in [-0.3, -0.25) is 19.9 Å². The van der Waals surface area contributed by atoms with Crippen molar-refractivity contribution in [3.05, 3.63) is 63.5 Å². The number of aromatic nitrogens is 3. The maximum atomic E-state index is 15.7. The van der Waals surface area contributed by atoms with Gasteiger partial charge in [-0.1, -0.05) is 0 Å². The number of methoxy groups -OCH3 is 1. The fraction of sp³-hybridized carbons (Fsp3) is 0.406. The molecule has 1 saturated carbocycles. The molecule has 14 heteroatoms. The molecule has 2 aromatic heterocycles. The zero-order chi connectivity index (χ0) is 32.7. The lowest BCUT2D eigenvalue weighted by molar-refractivity contribution is 0.0694. The van der Waals surface area contributed by atoms with Crippen LogP contribution in [-0.2, 0) is 0 Å². The van der Waals surface area contributed by atoms with E-state index in [4.69, 9.17) is 10.1 Å². The summed E-state index contributed by atoms with van der Waals surface area (Å²) in [5.41, 5.74) is 1.46. The number of hydrogen-bond donors (Lipinski definition) is 4. The number of likely N-dealkylation sites (N-methyl/N-ethyl adjacent to an activating group) is 1. The number of H-pyrrole nitrogens is 1. The minimum absolute atomic E-state index is 0.0120. The average Bonchev–Trinajstić information content (AvgIpc) is 3.78. The SMILES string of the molecule is COc1c(N2CCN(CC(=O)c3nc4ccc(C(=N)NCCN(C)C)cc4[nH]3)CC2)c(F)cc2c(=O)c(C(=O)O)cn(C3CC3)c12. The molecule has 3 heterocycles. The number of benzene rings is 2. The topological polar surface area (TPSA) is 160 Å². The predicted octanol–water partition coefficient (Wildman–Crippen LogP) is 2.54. The predicted molar refractivity (Wildman–Crippen MR) is 172 cm³/mol. The van der Waals surface area contributed by atoms with Crippen LogP contribution in [0.4, 0.5) is 10.1 Å². The van der Waals surface area contributed by atoms with E-state index < -0.39 is 22.8 Å². The van der Waals surface area contributed by atoms with Crippen molar-refractivity contribution in [3.8, 4) is 5.75 Å². The maximum Gasteiger partial charge on any atom is 0.341 e. The molecule has 1 saturated heterocycles. The molecule has 2 fully saturated rings. The van der Waals surface area contributed by atoms with Crippen LogP contribution in [0.15, 0.2) is 35.3 Å². The standard InChI is InChI=1S/C32H37FN8O5/c1-38(2)9-8-35-30(34)18-4-7-23-24(14-18)37-31(36-23)25(42)17-39-10-12-40(13-11-39)27-22(33)15-20-26(29(27)46-3)41(19-5-6-19)16-21(28(20)43)32(44)45/h4,7,14-16,19H,5-6,8-13,17H2,1-3H3,(H2,34,35)(H,36,37)(H,44,45). The van der Waals surface area contributed by atoms with Crippen LogP contribution >= 0.6 is 0 Å². The normalized spacial score (nSPS) is 15.5. The van der Waals surface area contributed by atoms with Gasteiger partial charge in [-0.2, -0.15) is 0 Å². The molecule has 0 unspecified atom stereocenters. The average molecular weight is 633 g/mol. The summed E-state index contributed by atoms with van der Waals surface area (Å²) >= 11 is 0. The van der Waals surface area contributed by atoms with Crippen LogP contribution in [0.3, 0.4) is 0 Å². The second-order valence-electron chi connectivity index (χ2n) is 12.1. The van der Waals surface area contributed by atoms with Crippen molar-refractivity contribution in [2.75, 3.05) is 71.9 Å². The largest absolute Gasteiger partial charge is 0.492 e. The highest BCUT2D eigenvalue weighted by Crippen LogP contribution is 2.43. The number of Topliss-reactive ketones (excluding diaryl/α,β-unsaturated/α-hetero) is 1. The summed E-state index contributed by atoms with van der Waals surface area (Å²) < 4.78 is 23.1. The van der Waals surface area contributed by atoms with Crippen LogP contribution in [0.5, 0.6) is 5.75 Å². The van der Waals surface area contributed by atoms with Crippen molar-refractivity contribution < 1.29 is 23.8 Å². The van der Waals surface area contributed by atoms with E-state index in [0.29, 0.717) is 60.7 Å². The number of carbonyl (C=O) groups excluding carboxylic acids is 1. The molecule has 0 radical (unpaired) electrons. The van der Waals surface area contributed by atoms with Crippen molar-refractivity contribution in [1.29, 1.82) is 5.41 Å². The molecule has 2 aromatic carbocycles. The lowest BCUT2D eigenvalue weighted by atomic mass is 10.1. The number of nitrogens with zero attached hydrogens (tertiary/aromatic N) is 5. The van der Waals surface area contributed by atoms with Gasteiger partial charge >= 0.3 is 5.97 Å². The van der Waals surface area contributed by atoms with Gasteiger partial charge < -0.3 is 34.5 Å². The van der Waals surface area contributed by atoms with Crippen LogP contribution in [0.25, 0.3) is 21.9 Å². The molecule has 242 valence electrons. The van der Waals surface area contributed by atoms with Gasteiger partial charge in [0.05, 0.1) is 35.6 Å². The number of piperazine rings is 1. The van der Waals surface area contributed by atoms with E-state index in [-0.39, 0.29) is 41.0 Å². The van der Waals surface area contributed by atoms with E-state index in [2.05, 4.69) is 15.3 Å². The number of ether oxygens (including phenoxy) is 1. The second-order valence-corrected chi connectivity index (χ2v) is 12.1. The number of hydrogen-bond acceptors (Lipinski definition) is 9. The van der Waals surface area contributed by atoms with Gasteiger partial charge in [-0.25, -0.2) is 14.2 Å². The van der Waals surface area contributed by atoms with Crippen molar-refractivity contribution in [1.82, 2.24) is 29.7 Å². The molecule has 2 aliphatic rings. The fourth-order valence-corrected chi connectivity index (χ4v) is 5.94. The Morgan fingerprint density at radius 3 is 2.59 bits per heavy atom. The Morgan fingerprint density at radius 1 is 1.20 bits per heavy atom. The number of carbonyl (C=O) groups is 2. The summed E-state index contributed by atoms with van der Waals surface area (Å²) in [5, 5.41) is 21.0. The second kappa shape index (κ2) is 12.5. The molecule has 1 aliphatic carbocycles. The quantitative estimate of drug-likeness (QED) is 0.110. The number of aromatic amines is 1. The first-order valence-electron chi connectivity index (χ1n) is 15.2. The van der Waals surface area contributed by atoms with Gasteiger partial charge in [-0.15, -0.1) is 0 Å². The summed E-state index contributed by atoms with van der Waals surface area (Å²) in [4.78, 5) is 51.4. The summed E-state index contributed by atoms with van der Waals surface area (Å²) in [6.45, 7) is 3.31. The smallest absolute Gasteiger partial charge is 0.341 e. The Hall–Kier alpha value is -4.82. The Morgan fingerprint density at radius 2 is 1.93 bits per heavy atom. The first-order chi connectivity index (χ1) is 22.0. The summed E-state index contributed by atoms with van der Waals surface area (Å²) in [7, 11) is 5.36. The number of carboxylic acids is 1. The minimum atomic E-state index is -1.35. The molecule has 13 nitrogen and oxygen atoms in total. The number of aromatic carboxylic acids is 1. The Balaban J connectivity index is 1.16. The lowest BCUT2D eigenvalue weighted by Crippen LogP contribution is -2.48. The van der Waals surface area contributed by atoms with Crippen molar-refractivity contribution in [2.45, 2.75) is 18.9 Å². The van der Waals surface area contributed by atoms with E-state index >= 15 is 4.39 Å². The van der Waals surface area contributed by atoms with Gasteiger partial charge in [0.25, 0.3) is 0 Å². The Labute approximate surface area is 264 Å². The molecule has 0 bridgehead atoms. The van der Waals surface area contributed by atoms with Gasteiger partial charge in [0.1, 0.15) is 17.1 Å². The molecule has 6 rings (SSSR count). The van der Waals surface area contributed by atoms with Crippen LogP contribution in [-0.4, -0.2) is 114 Å². The lowest BCUT2D eigenvalue weighted by Gasteiger charge is -2.36. The van der Waals surface area contributed by atoms with E-state index in [1.54, 1.807) is 22.8 Å². The highest BCUT2D eigenvalue weighted by Gasteiger charge is 2.32. The third kappa shape index (κ3) is 6.05. The van der Waals surface area contributed by atoms with E-state index in [9.17, 15) is 19.5 Å². The number of nitrogens with one attached hydrogen (secondary N) is 3. The fourth-order valence-electron chi connectivity index (χ4n) is 5.94. The number of imidazole rings is 1. The van der Waals surface area contributed by atoms with Crippen LogP contribution in [0.1, 0.15) is 45.4 Å². The molecule has 0 spiro atoms. The van der Waals surface area contributed by atoms with Crippen molar-refractivity contribution in [2.24, 2.45) is 0 Å². The molecular formula is C32H37FN8O5. The zero-order valence-electron chi connectivity index (χ0n) is 26.0. The first-order valence-corrected chi connectivity index (χ1v) is 15.2. The molecule has 1 aliphatic heterocycles. The summed E-state index contributed by atoms with van der Waals surface area (Å²) in [6, 6.07) is 6.52. The van der Waals surface area contributed by atoms with E-state index in [1.807, 2.05) is 28.8 Å². The van der Waals surface area contributed by atoms with Gasteiger partial charge in [0, 0.05) is 57.1 Å².